The second-order valence-corrected chi connectivity index (χ2v) is 18.4. The van der Waals surface area contributed by atoms with E-state index in [1.165, 1.54) is 30.4 Å². The van der Waals surface area contributed by atoms with Gasteiger partial charge in [-0.3, -0.25) is 14.4 Å². The first-order chi connectivity index (χ1) is 24.7. The molecule has 0 saturated heterocycles. The number of hydrogen-bond donors (Lipinski definition) is 4. The summed E-state index contributed by atoms with van der Waals surface area (Å²) >= 11 is 0. The van der Waals surface area contributed by atoms with E-state index in [1.807, 2.05) is 0 Å². The van der Waals surface area contributed by atoms with Crippen molar-refractivity contribution in [3.8, 4) is 5.75 Å². The van der Waals surface area contributed by atoms with E-state index in [-0.39, 0.29) is 52.0 Å². The number of benzene rings is 1. The normalized spacial score (nSPS) is 35.6. The monoisotopic (exact) mass is 729 g/mol. The summed E-state index contributed by atoms with van der Waals surface area (Å²) in [5, 5.41) is 32.5. The lowest BCUT2D eigenvalue weighted by molar-refractivity contribution is -0.202. The van der Waals surface area contributed by atoms with E-state index in [0.29, 0.717) is 43.1 Å². The molecule has 0 aromatic heterocycles. The van der Waals surface area contributed by atoms with E-state index < -0.39 is 40.1 Å². The number of phenols is 1. The van der Waals surface area contributed by atoms with E-state index >= 15 is 0 Å². The van der Waals surface area contributed by atoms with Gasteiger partial charge in [-0.05, 0) is 116 Å². The predicted molar refractivity (Wildman–Crippen MR) is 200 cm³/mol. The van der Waals surface area contributed by atoms with Crippen molar-refractivity contribution in [2.24, 2.45) is 50.2 Å². The van der Waals surface area contributed by atoms with Gasteiger partial charge in [0, 0.05) is 46.7 Å². The third-order valence-corrected chi connectivity index (χ3v) is 15.0. The average Bonchev–Trinajstić information content (AvgIpc) is 3.08. The second kappa shape index (κ2) is 13.3. The number of allylic oxidation sites excluding steroid dienone is 1. The van der Waals surface area contributed by atoms with Gasteiger partial charge in [0.1, 0.15) is 18.1 Å². The molecule has 1 aromatic carbocycles. The Balaban J connectivity index is 1.36. The zero-order valence-electron chi connectivity index (χ0n) is 31.9. The van der Waals surface area contributed by atoms with E-state index in [4.69, 9.17) is 9.84 Å². The van der Waals surface area contributed by atoms with Gasteiger partial charge in [0.25, 0.3) is 0 Å². The van der Waals surface area contributed by atoms with Gasteiger partial charge in [0.05, 0.1) is 5.41 Å². The molecule has 286 valence electrons. The molecule has 4 fully saturated rings. The molecule has 10 nitrogen and oxygen atoms in total. The van der Waals surface area contributed by atoms with Crippen LogP contribution in [-0.4, -0.2) is 51.5 Å². The number of ketones is 1. The molecule has 7 atom stereocenters. The second-order valence-electron chi connectivity index (χ2n) is 18.4. The first-order valence-corrected chi connectivity index (χ1v) is 19.1. The minimum atomic E-state index is -1.28. The van der Waals surface area contributed by atoms with Crippen LogP contribution in [0.2, 0.25) is 0 Å². The maximum absolute atomic E-state index is 13.7. The highest BCUT2D eigenvalue weighted by atomic mass is 16.5. The molecule has 5 aliphatic rings. The van der Waals surface area contributed by atoms with Crippen LogP contribution in [0.15, 0.2) is 48.1 Å². The van der Waals surface area contributed by atoms with Crippen LogP contribution >= 0.6 is 0 Å². The molecule has 4 N–H and O–H groups in total. The van der Waals surface area contributed by atoms with Crippen molar-refractivity contribution in [3.05, 3.63) is 53.6 Å². The fourth-order valence-electron chi connectivity index (χ4n) is 12.1. The number of ether oxygens (including phenoxy) is 1. The Labute approximate surface area is 312 Å². The van der Waals surface area contributed by atoms with Crippen LogP contribution in [-0.2, 0) is 28.7 Å². The van der Waals surface area contributed by atoms with Crippen molar-refractivity contribution in [3.63, 3.8) is 0 Å². The summed E-state index contributed by atoms with van der Waals surface area (Å²) < 4.78 is 6.25. The van der Waals surface area contributed by atoms with Crippen LogP contribution in [0, 0.1) is 50.2 Å². The van der Waals surface area contributed by atoms with E-state index in [9.17, 15) is 34.2 Å². The number of esters is 1. The molecule has 1 amide bonds. The molecule has 5 aliphatic carbocycles. The number of fused-ring (bicyclic) bond motifs is 7. The number of carbonyl (C=O) groups is 5. The number of phenolic OH excluding ortho intramolecular Hbond substituents is 1. The Morgan fingerprint density at radius 1 is 0.906 bits per heavy atom. The molecule has 7 unspecified atom stereocenters. The van der Waals surface area contributed by atoms with Gasteiger partial charge in [-0.1, -0.05) is 53.2 Å². The Bertz CT molecular complexity index is 1820. The molecule has 10 heteroatoms. The molecule has 0 aliphatic heterocycles. The molecule has 0 heterocycles. The average molecular weight is 730 g/mol. The summed E-state index contributed by atoms with van der Waals surface area (Å²) in [4.78, 5) is 63.4. The quantitative estimate of drug-likeness (QED) is 0.0898. The molecular weight excluding hydrogens is 674 g/mol. The molecule has 1 aromatic rings. The zero-order chi connectivity index (χ0) is 38.8. The largest absolute Gasteiger partial charge is 0.508 e. The molecule has 53 heavy (non-hydrogen) atoms. The van der Waals surface area contributed by atoms with Gasteiger partial charge < -0.3 is 25.4 Å². The summed E-state index contributed by atoms with van der Waals surface area (Å²) in [6, 6.07) is 4.19. The van der Waals surface area contributed by atoms with E-state index in [1.54, 1.807) is 0 Å². The van der Waals surface area contributed by atoms with E-state index in [2.05, 4.69) is 52.9 Å². The van der Waals surface area contributed by atoms with Crippen molar-refractivity contribution in [1.29, 1.82) is 0 Å². The smallest absolute Gasteiger partial charge is 0.330 e. The number of nitrogens with one attached hydrogen (secondary N) is 1. The lowest BCUT2D eigenvalue weighted by Crippen LogP contribution is -2.66. The van der Waals surface area contributed by atoms with Gasteiger partial charge in [-0.15, -0.1) is 0 Å². The van der Waals surface area contributed by atoms with Gasteiger partial charge >= 0.3 is 17.9 Å². The minimum Gasteiger partial charge on any atom is -0.508 e. The van der Waals surface area contributed by atoms with Gasteiger partial charge in [0.15, 0.2) is 0 Å². The molecule has 0 radical (unpaired) electrons. The highest BCUT2D eigenvalue weighted by Gasteiger charge is 2.71. The highest BCUT2D eigenvalue weighted by Crippen LogP contribution is 2.75. The number of anilines is 1. The van der Waals surface area contributed by atoms with Crippen LogP contribution in [0.1, 0.15) is 111 Å². The maximum Gasteiger partial charge on any atom is 0.330 e. The first-order valence-electron chi connectivity index (χ1n) is 19.1. The number of carbonyl (C=O) groups excluding carboxylic acids is 3. The van der Waals surface area contributed by atoms with Crippen molar-refractivity contribution < 1.29 is 44.0 Å². The Morgan fingerprint density at radius 2 is 1.62 bits per heavy atom. The van der Waals surface area contributed by atoms with Crippen molar-refractivity contribution in [2.45, 2.75) is 106 Å². The third kappa shape index (κ3) is 6.33. The number of hydrogen-bond acceptors (Lipinski definition) is 7. The fraction of sp³-hybridized carbons (Fsp3) is 0.605. The third-order valence-electron chi connectivity index (χ3n) is 15.0. The number of rotatable bonds is 8. The van der Waals surface area contributed by atoms with Crippen molar-refractivity contribution in [1.82, 2.24) is 0 Å². The standard InChI is InChI=1S/C43H55NO9/c1-38(2)19-20-42(37(51)52)21-22-43(25-53-36(50)14-7-26-23-27(45)8-10-30(26)44-34(47)12-13-35(48)49)28(29(42)24-38)9-11-32-40(5)17-16-33(46)39(3,4)31(40)15-18-41(32,43)6/h7-10,12-14,23,29,31-32,45H,11,15-22,24-25H2,1-6H3,(H,44,47)(H,48,49)(H,51,52)/b13-12+,14-7+. The van der Waals surface area contributed by atoms with Crippen LogP contribution in [0.3, 0.4) is 0 Å². The number of carboxylic acid groups (broad SMARTS) is 2. The SMILES string of the molecule is CC1(C)CCC2(C(=O)O)CCC3(COC(=O)/C=C/c4cc(O)ccc4NC(=O)/C=C/C(=O)O)C(=CCC4C5(C)CCC(=O)C(C)(C)C5CCC43C)C2C1. The summed E-state index contributed by atoms with van der Waals surface area (Å²) in [7, 11) is 0. The van der Waals surface area contributed by atoms with Crippen LogP contribution < -0.4 is 5.32 Å². The zero-order valence-corrected chi connectivity index (χ0v) is 31.9. The lowest BCUT2D eigenvalue weighted by Gasteiger charge is -2.70. The molecular formula is C43H55NO9. The van der Waals surface area contributed by atoms with Gasteiger partial charge in [0.2, 0.25) is 5.91 Å². The topological polar surface area (TPSA) is 167 Å². The number of carboxylic acids is 2. The van der Waals surface area contributed by atoms with Crippen molar-refractivity contribution in [2.75, 3.05) is 11.9 Å². The fourth-order valence-corrected chi connectivity index (χ4v) is 12.1. The number of Topliss-reactive ketones (excluding diaryl/α,β-unsaturated/α-hetero) is 1. The predicted octanol–water partition coefficient (Wildman–Crippen LogP) is 7.96. The molecule has 4 saturated carbocycles. The van der Waals surface area contributed by atoms with Crippen LogP contribution in [0.4, 0.5) is 5.69 Å². The molecule has 0 spiro atoms. The Hall–Kier alpha value is -4.21. The van der Waals surface area contributed by atoms with Gasteiger partial charge in [-0.2, -0.15) is 0 Å². The van der Waals surface area contributed by atoms with Crippen LogP contribution in [0.5, 0.6) is 5.75 Å². The Morgan fingerprint density at radius 3 is 2.32 bits per heavy atom. The Kier molecular flexibility index (Phi) is 9.64. The minimum absolute atomic E-state index is 0.0418. The van der Waals surface area contributed by atoms with Gasteiger partial charge in [-0.25, -0.2) is 9.59 Å². The number of amides is 1. The highest BCUT2D eigenvalue weighted by molar-refractivity contribution is 6.03. The molecule has 6 rings (SSSR count). The van der Waals surface area contributed by atoms with E-state index in [0.717, 1.165) is 50.2 Å². The first kappa shape index (κ1) is 38.5. The lowest BCUT2D eigenvalue weighted by atomic mass is 9.33. The van der Waals surface area contributed by atoms with Crippen molar-refractivity contribution >= 4 is 41.4 Å². The van der Waals surface area contributed by atoms with Crippen LogP contribution in [0.25, 0.3) is 6.08 Å². The number of aromatic hydroxyl groups is 1. The summed E-state index contributed by atoms with van der Waals surface area (Å²) in [6.07, 6.45) is 13.8. The summed E-state index contributed by atoms with van der Waals surface area (Å²) in [5.41, 5.74) is -0.670. The summed E-state index contributed by atoms with van der Waals surface area (Å²) in [5.74, 6) is -2.84. The summed E-state index contributed by atoms with van der Waals surface area (Å²) in [6.45, 7) is 13.5. The maximum atomic E-state index is 13.7. The number of aliphatic carboxylic acids is 2. The molecule has 0 bridgehead atoms.